The van der Waals surface area contributed by atoms with Crippen LogP contribution < -0.4 is 4.72 Å². The Morgan fingerprint density at radius 2 is 1.62 bits per heavy atom. The molecule has 0 spiro atoms. The van der Waals surface area contributed by atoms with E-state index in [2.05, 4.69) is 9.71 Å². The summed E-state index contributed by atoms with van der Waals surface area (Å²) in [7, 11) is -1.96. The molecule has 0 aliphatic rings. The summed E-state index contributed by atoms with van der Waals surface area (Å²) >= 11 is 0. The number of rotatable bonds is 2. The van der Waals surface area contributed by atoms with Crippen molar-refractivity contribution >= 4 is 10.0 Å². The van der Waals surface area contributed by atoms with Crippen LogP contribution in [0.3, 0.4) is 0 Å². The maximum absolute atomic E-state index is 11.2. The van der Waals surface area contributed by atoms with Gasteiger partial charge in [0, 0.05) is 11.9 Å². The van der Waals surface area contributed by atoms with Crippen LogP contribution in [-0.4, -0.2) is 20.4 Å². The first-order chi connectivity index (χ1) is 7.56. The van der Waals surface area contributed by atoms with Gasteiger partial charge in [0.05, 0.1) is 0 Å². The molecule has 0 aromatic carbocycles. The van der Waals surface area contributed by atoms with Gasteiger partial charge in [-0.3, -0.25) is 4.98 Å². The molecule has 1 aromatic heterocycles. The van der Waals surface area contributed by atoms with Gasteiger partial charge in [0.25, 0.3) is 0 Å². The van der Waals surface area contributed by atoms with Gasteiger partial charge in [0.1, 0.15) is 4.90 Å². The Bertz CT molecular complexity index is 358. The minimum Gasteiger partial charge on any atom is -0.260 e. The second-order valence-corrected chi connectivity index (χ2v) is 4.23. The van der Waals surface area contributed by atoms with Gasteiger partial charge in [0.15, 0.2) is 0 Å². The molecule has 1 rings (SSSR count). The molecule has 0 bridgehead atoms. The lowest BCUT2D eigenvalue weighted by atomic mass is 10.4. The highest BCUT2D eigenvalue weighted by Crippen LogP contribution is 2.05. The summed E-state index contributed by atoms with van der Waals surface area (Å²) in [5, 5.41) is 0. The van der Waals surface area contributed by atoms with Crippen LogP contribution in [0.1, 0.15) is 33.4 Å². The van der Waals surface area contributed by atoms with E-state index in [1.165, 1.54) is 19.3 Å². The van der Waals surface area contributed by atoms with E-state index in [4.69, 9.17) is 0 Å². The van der Waals surface area contributed by atoms with Crippen LogP contribution >= 0.6 is 0 Å². The molecule has 0 amide bonds. The molecule has 1 heterocycles. The molecule has 0 radical (unpaired) electrons. The first-order valence-electron chi connectivity index (χ1n) is 5.42. The standard InChI is InChI=1S/C7H10N2O2S.2C2H6/c1-6-3-4-7(5-9-6)12(10,11)8-2;2*1-2/h3-5,8H,1-2H3;2*1-2H3. The van der Waals surface area contributed by atoms with Crippen LogP contribution in [0.15, 0.2) is 23.2 Å². The molecule has 0 aliphatic heterocycles. The van der Waals surface area contributed by atoms with Crippen LogP contribution in [0.5, 0.6) is 0 Å². The Morgan fingerprint density at radius 3 is 1.94 bits per heavy atom. The first-order valence-corrected chi connectivity index (χ1v) is 6.91. The molecule has 0 saturated carbocycles. The highest BCUT2D eigenvalue weighted by Gasteiger charge is 2.09. The lowest BCUT2D eigenvalue weighted by Crippen LogP contribution is -2.18. The zero-order valence-electron chi connectivity index (χ0n) is 10.9. The predicted molar refractivity (Wildman–Crippen MR) is 67.9 cm³/mol. The number of aromatic nitrogens is 1. The number of hydrogen-bond donors (Lipinski definition) is 1. The zero-order valence-corrected chi connectivity index (χ0v) is 11.7. The van der Waals surface area contributed by atoms with Crippen LogP contribution in [0.25, 0.3) is 0 Å². The van der Waals surface area contributed by atoms with Crippen LogP contribution in [0.4, 0.5) is 0 Å². The number of hydrogen-bond acceptors (Lipinski definition) is 3. The zero-order chi connectivity index (χ0) is 13.2. The van der Waals surface area contributed by atoms with Gasteiger partial charge in [-0.15, -0.1) is 0 Å². The van der Waals surface area contributed by atoms with Crippen LogP contribution in [0, 0.1) is 6.92 Å². The van der Waals surface area contributed by atoms with E-state index in [1.807, 2.05) is 27.7 Å². The third kappa shape index (κ3) is 5.82. The maximum Gasteiger partial charge on any atom is 0.241 e. The first kappa shape index (κ1) is 17.5. The van der Waals surface area contributed by atoms with Crippen molar-refractivity contribution in [2.45, 2.75) is 39.5 Å². The summed E-state index contributed by atoms with van der Waals surface area (Å²) in [6, 6.07) is 3.18. The smallest absolute Gasteiger partial charge is 0.241 e. The van der Waals surface area contributed by atoms with E-state index in [9.17, 15) is 8.42 Å². The van der Waals surface area contributed by atoms with Gasteiger partial charge in [-0.1, -0.05) is 27.7 Å². The van der Waals surface area contributed by atoms with Gasteiger partial charge in [-0.2, -0.15) is 0 Å². The molecule has 0 aliphatic carbocycles. The summed E-state index contributed by atoms with van der Waals surface area (Å²) in [5.74, 6) is 0. The van der Waals surface area contributed by atoms with Gasteiger partial charge < -0.3 is 0 Å². The van der Waals surface area contributed by atoms with Gasteiger partial charge in [-0.05, 0) is 26.1 Å². The second kappa shape index (κ2) is 9.30. The number of aryl methyl sites for hydroxylation is 1. The Kier molecular flexibility index (Phi) is 10.1. The molecule has 0 saturated heterocycles. The number of nitrogens with one attached hydrogen (secondary N) is 1. The van der Waals surface area contributed by atoms with E-state index in [1.54, 1.807) is 13.0 Å². The Balaban J connectivity index is 0. The van der Waals surface area contributed by atoms with Crippen LogP contribution in [0.2, 0.25) is 0 Å². The van der Waals surface area contributed by atoms with Crippen molar-refractivity contribution in [2.24, 2.45) is 0 Å². The fourth-order valence-corrected chi connectivity index (χ4v) is 1.41. The third-order valence-electron chi connectivity index (χ3n) is 1.46. The molecule has 1 N–H and O–H groups in total. The van der Waals surface area contributed by atoms with E-state index in [-0.39, 0.29) is 4.90 Å². The highest BCUT2D eigenvalue weighted by molar-refractivity contribution is 7.89. The average molecular weight is 246 g/mol. The molecular formula is C11H22N2O2S. The molecule has 94 valence electrons. The summed E-state index contributed by atoms with van der Waals surface area (Å²) in [6.45, 7) is 9.80. The van der Waals surface area contributed by atoms with Crippen molar-refractivity contribution in [3.63, 3.8) is 0 Å². The maximum atomic E-state index is 11.2. The lowest BCUT2D eigenvalue weighted by Gasteiger charge is -2.00. The minimum atomic E-state index is -3.33. The molecule has 0 fully saturated rings. The normalized spacial score (nSPS) is 9.38. The number of pyridine rings is 1. The lowest BCUT2D eigenvalue weighted by molar-refractivity contribution is 0.588. The molecule has 0 unspecified atom stereocenters. The summed E-state index contributed by atoms with van der Waals surface area (Å²) in [5.41, 5.74) is 0.796. The van der Waals surface area contributed by atoms with Gasteiger partial charge >= 0.3 is 0 Å². The Morgan fingerprint density at radius 1 is 1.12 bits per heavy atom. The van der Waals surface area contributed by atoms with E-state index < -0.39 is 10.0 Å². The van der Waals surface area contributed by atoms with Gasteiger partial charge in [-0.25, -0.2) is 13.1 Å². The molecule has 5 heteroatoms. The van der Waals surface area contributed by atoms with Crippen molar-refractivity contribution in [1.29, 1.82) is 0 Å². The molecular weight excluding hydrogens is 224 g/mol. The van der Waals surface area contributed by atoms with E-state index in [0.29, 0.717) is 0 Å². The van der Waals surface area contributed by atoms with Crippen molar-refractivity contribution in [3.8, 4) is 0 Å². The van der Waals surface area contributed by atoms with E-state index >= 15 is 0 Å². The largest absolute Gasteiger partial charge is 0.260 e. The second-order valence-electron chi connectivity index (χ2n) is 2.34. The van der Waals surface area contributed by atoms with Crippen molar-refractivity contribution in [2.75, 3.05) is 7.05 Å². The average Bonchev–Trinajstić information content (AvgIpc) is 2.35. The number of sulfonamides is 1. The molecule has 1 aromatic rings. The predicted octanol–water partition coefficient (Wildman–Crippen LogP) is 2.35. The molecule has 0 atom stereocenters. The topological polar surface area (TPSA) is 59.1 Å². The number of nitrogens with zero attached hydrogens (tertiary/aromatic N) is 1. The fourth-order valence-electron chi connectivity index (χ4n) is 0.731. The Hall–Kier alpha value is -0.940. The SMILES string of the molecule is CC.CC.CNS(=O)(=O)c1ccc(C)nc1. The Labute approximate surface area is 99.2 Å². The van der Waals surface area contributed by atoms with Crippen molar-refractivity contribution < 1.29 is 8.42 Å². The fraction of sp³-hybridized carbons (Fsp3) is 0.545. The summed E-state index contributed by atoms with van der Waals surface area (Å²) in [4.78, 5) is 4.06. The van der Waals surface area contributed by atoms with E-state index in [0.717, 1.165) is 5.69 Å². The molecule has 4 nitrogen and oxygen atoms in total. The monoisotopic (exact) mass is 246 g/mol. The highest BCUT2D eigenvalue weighted by atomic mass is 32.2. The summed E-state index contributed by atoms with van der Waals surface area (Å²) < 4.78 is 24.5. The summed E-state index contributed by atoms with van der Waals surface area (Å²) in [6.07, 6.45) is 1.33. The quantitative estimate of drug-likeness (QED) is 0.871. The van der Waals surface area contributed by atoms with Crippen molar-refractivity contribution in [1.82, 2.24) is 9.71 Å². The van der Waals surface area contributed by atoms with Gasteiger partial charge in [0.2, 0.25) is 10.0 Å². The minimum absolute atomic E-state index is 0.190. The third-order valence-corrected chi connectivity index (χ3v) is 2.86. The van der Waals surface area contributed by atoms with Crippen LogP contribution in [-0.2, 0) is 10.0 Å². The van der Waals surface area contributed by atoms with Crippen molar-refractivity contribution in [3.05, 3.63) is 24.0 Å². The molecule has 16 heavy (non-hydrogen) atoms.